The smallest absolute Gasteiger partial charge is 0.274 e. The number of nitrogens with zero attached hydrogens (tertiary/aromatic N) is 2. The molecule has 0 atom stereocenters. The Bertz CT molecular complexity index is 967. The van der Waals surface area contributed by atoms with E-state index in [4.69, 9.17) is 27.9 Å². The monoisotopic (exact) mass is 430 g/mol. The number of hydrogen-bond acceptors (Lipinski definition) is 5. The van der Waals surface area contributed by atoms with Crippen LogP contribution in [-0.4, -0.2) is 35.0 Å². The maximum absolute atomic E-state index is 13.3. The standard InChI is InChI=1S/C17H13Cl2FN2O2S2/c18-14-8-11(15(19)26-14)16(23)22-5-3-10(4-6-22)24-17-21-12-2-1-9(20)7-13(12)25-17/h1-2,7-8,10H,3-6H2. The van der Waals surface area contributed by atoms with Crippen molar-refractivity contribution in [2.45, 2.75) is 18.9 Å². The van der Waals surface area contributed by atoms with Crippen molar-refractivity contribution in [1.29, 1.82) is 0 Å². The van der Waals surface area contributed by atoms with Gasteiger partial charge >= 0.3 is 0 Å². The van der Waals surface area contributed by atoms with Crippen LogP contribution in [0.5, 0.6) is 5.19 Å². The minimum atomic E-state index is -0.285. The molecule has 1 aromatic carbocycles. The highest BCUT2D eigenvalue weighted by Crippen LogP contribution is 2.33. The lowest BCUT2D eigenvalue weighted by atomic mass is 10.1. The lowest BCUT2D eigenvalue weighted by molar-refractivity contribution is 0.0596. The third-order valence-corrected chi connectivity index (χ3v) is 6.61. The topological polar surface area (TPSA) is 42.4 Å². The summed E-state index contributed by atoms with van der Waals surface area (Å²) in [5.41, 5.74) is 1.18. The molecule has 3 aromatic rings. The quantitative estimate of drug-likeness (QED) is 0.551. The molecule has 136 valence electrons. The van der Waals surface area contributed by atoms with Crippen LogP contribution in [0.25, 0.3) is 10.2 Å². The molecule has 1 aliphatic rings. The zero-order valence-electron chi connectivity index (χ0n) is 13.4. The second-order valence-corrected chi connectivity index (χ2v) is 9.22. The number of thiophene rings is 1. The van der Waals surface area contributed by atoms with E-state index in [1.807, 2.05) is 0 Å². The molecule has 4 rings (SSSR count). The molecule has 0 radical (unpaired) electrons. The van der Waals surface area contributed by atoms with Crippen molar-refractivity contribution >= 4 is 62.0 Å². The van der Waals surface area contributed by atoms with Gasteiger partial charge in [0.15, 0.2) is 0 Å². The van der Waals surface area contributed by atoms with Crippen LogP contribution in [0.15, 0.2) is 24.3 Å². The average Bonchev–Trinajstić information content (AvgIpc) is 3.16. The van der Waals surface area contributed by atoms with E-state index in [9.17, 15) is 9.18 Å². The molecular formula is C17H13Cl2FN2O2S2. The summed E-state index contributed by atoms with van der Waals surface area (Å²) in [6.45, 7) is 1.15. The molecule has 9 heteroatoms. The van der Waals surface area contributed by atoms with Gasteiger partial charge < -0.3 is 9.64 Å². The van der Waals surface area contributed by atoms with Gasteiger partial charge in [0.25, 0.3) is 11.1 Å². The number of ether oxygens (including phenoxy) is 1. The number of likely N-dealkylation sites (tertiary alicyclic amines) is 1. The number of carbonyl (C=O) groups is 1. The lowest BCUT2D eigenvalue weighted by Crippen LogP contribution is -2.41. The highest BCUT2D eigenvalue weighted by Gasteiger charge is 2.27. The molecule has 0 bridgehead atoms. The molecule has 2 aromatic heterocycles. The second-order valence-electron chi connectivity index (χ2n) is 5.94. The summed E-state index contributed by atoms with van der Waals surface area (Å²) >= 11 is 14.5. The van der Waals surface area contributed by atoms with E-state index in [1.165, 1.54) is 34.8 Å². The first-order chi connectivity index (χ1) is 12.5. The van der Waals surface area contributed by atoms with Crippen LogP contribution >= 0.6 is 45.9 Å². The predicted octanol–water partition coefficient (Wildman–Crippen LogP) is 5.49. The van der Waals surface area contributed by atoms with Crippen molar-refractivity contribution in [3.05, 3.63) is 44.3 Å². The van der Waals surface area contributed by atoms with Gasteiger partial charge in [-0.3, -0.25) is 4.79 Å². The maximum atomic E-state index is 13.3. The molecular weight excluding hydrogens is 418 g/mol. The van der Waals surface area contributed by atoms with Gasteiger partial charge in [-0.2, -0.15) is 0 Å². The molecule has 4 nitrogen and oxygen atoms in total. The molecule has 0 aliphatic carbocycles. The van der Waals surface area contributed by atoms with Gasteiger partial charge in [-0.15, -0.1) is 11.3 Å². The van der Waals surface area contributed by atoms with Crippen molar-refractivity contribution in [2.75, 3.05) is 13.1 Å². The van der Waals surface area contributed by atoms with Crippen molar-refractivity contribution in [3.63, 3.8) is 0 Å². The van der Waals surface area contributed by atoms with Gasteiger partial charge in [-0.05, 0) is 24.3 Å². The van der Waals surface area contributed by atoms with Crippen LogP contribution in [0, 0.1) is 5.82 Å². The average molecular weight is 431 g/mol. The summed E-state index contributed by atoms with van der Waals surface area (Å²) < 4.78 is 20.9. The largest absolute Gasteiger partial charge is 0.467 e. The summed E-state index contributed by atoms with van der Waals surface area (Å²) in [6, 6.07) is 6.10. The molecule has 1 fully saturated rings. The molecule has 0 spiro atoms. The highest BCUT2D eigenvalue weighted by atomic mass is 35.5. The molecule has 1 amide bonds. The van der Waals surface area contributed by atoms with E-state index in [2.05, 4.69) is 4.98 Å². The summed E-state index contributed by atoms with van der Waals surface area (Å²) in [5, 5.41) is 0.531. The van der Waals surface area contributed by atoms with E-state index in [1.54, 1.807) is 17.0 Å². The first-order valence-electron chi connectivity index (χ1n) is 7.96. The lowest BCUT2D eigenvalue weighted by Gasteiger charge is -2.31. The highest BCUT2D eigenvalue weighted by molar-refractivity contribution is 7.20. The molecule has 3 heterocycles. The number of amides is 1. The molecule has 1 saturated heterocycles. The Hall–Kier alpha value is -1.41. The number of hydrogen-bond donors (Lipinski definition) is 0. The van der Waals surface area contributed by atoms with Crippen molar-refractivity contribution in [1.82, 2.24) is 9.88 Å². The molecule has 1 aliphatic heterocycles. The molecule has 0 N–H and O–H groups in total. The van der Waals surface area contributed by atoms with Crippen molar-refractivity contribution in [2.24, 2.45) is 0 Å². The minimum Gasteiger partial charge on any atom is -0.467 e. The van der Waals surface area contributed by atoms with Crippen molar-refractivity contribution < 1.29 is 13.9 Å². The first kappa shape index (κ1) is 18.0. The van der Waals surface area contributed by atoms with E-state index in [-0.39, 0.29) is 17.8 Å². The Morgan fingerprint density at radius 3 is 2.69 bits per heavy atom. The van der Waals surface area contributed by atoms with Gasteiger partial charge in [-0.25, -0.2) is 9.37 Å². The SMILES string of the molecule is O=C(c1cc(Cl)sc1Cl)N1CCC(Oc2nc3ccc(F)cc3s2)CC1. The van der Waals surface area contributed by atoms with E-state index < -0.39 is 0 Å². The van der Waals surface area contributed by atoms with Crippen LogP contribution < -0.4 is 4.74 Å². The fraction of sp³-hybridized carbons (Fsp3) is 0.294. The number of fused-ring (bicyclic) bond motifs is 1. The number of halogens is 3. The maximum Gasteiger partial charge on any atom is 0.274 e. The molecule has 0 unspecified atom stereocenters. The Kier molecular flexibility index (Phi) is 5.05. The summed E-state index contributed by atoms with van der Waals surface area (Å²) in [4.78, 5) is 18.7. The first-order valence-corrected chi connectivity index (χ1v) is 10.4. The Morgan fingerprint density at radius 2 is 2.00 bits per heavy atom. The summed E-state index contributed by atoms with van der Waals surface area (Å²) in [5.74, 6) is -0.390. The van der Waals surface area contributed by atoms with Crippen LogP contribution in [0.2, 0.25) is 8.67 Å². The number of aromatic nitrogens is 1. The molecule has 0 saturated carbocycles. The van der Waals surface area contributed by atoms with Gasteiger partial charge in [-0.1, -0.05) is 34.5 Å². The number of benzene rings is 1. The van der Waals surface area contributed by atoms with Gasteiger partial charge in [0.1, 0.15) is 16.3 Å². The van der Waals surface area contributed by atoms with Crippen LogP contribution in [-0.2, 0) is 0 Å². The number of piperidine rings is 1. The number of rotatable bonds is 3. The Labute approximate surface area is 167 Å². The fourth-order valence-electron chi connectivity index (χ4n) is 2.90. The third-order valence-electron chi connectivity index (χ3n) is 4.21. The van der Waals surface area contributed by atoms with Crippen LogP contribution in [0.1, 0.15) is 23.2 Å². The summed E-state index contributed by atoms with van der Waals surface area (Å²) in [6.07, 6.45) is 1.38. The second kappa shape index (κ2) is 7.31. The third kappa shape index (κ3) is 3.67. The van der Waals surface area contributed by atoms with Crippen molar-refractivity contribution in [3.8, 4) is 5.19 Å². The Balaban J connectivity index is 1.38. The zero-order valence-corrected chi connectivity index (χ0v) is 16.5. The summed E-state index contributed by atoms with van der Waals surface area (Å²) in [7, 11) is 0. The zero-order chi connectivity index (χ0) is 18.3. The normalized spacial score (nSPS) is 15.6. The van der Waals surface area contributed by atoms with E-state index in [0.29, 0.717) is 45.4 Å². The molecule has 26 heavy (non-hydrogen) atoms. The number of thiazole rings is 1. The van der Waals surface area contributed by atoms with E-state index in [0.717, 1.165) is 10.2 Å². The van der Waals surface area contributed by atoms with Crippen LogP contribution in [0.3, 0.4) is 0 Å². The van der Waals surface area contributed by atoms with E-state index >= 15 is 0 Å². The van der Waals surface area contributed by atoms with Gasteiger partial charge in [0.05, 0.1) is 20.1 Å². The fourth-order valence-corrected chi connectivity index (χ4v) is 5.26. The van der Waals surface area contributed by atoms with Gasteiger partial charge in [0.2, 0.25) is 0 Å². The Morgan fingerprint density at radius 1 is 1.23 bits per heavy atom. The van der Waals surface area contributed by atoms with Crippen LogP contribution in [0.4, 0.5) is 4.39 Å². The predicted molar refractivity (Wildman–Crippen MR) is 103 cm³/mol. The van der Waals surface area contributed by atoms with Gasteiger partial charge in [0, 0.05) is 25.9 Å². The minimum absolute atomic E-state index is 0.0222. The number of carbonyl (C=O) groups excluding carboxylic acids is 1.